The van der Waals surface area contributed by atoms with E-state index in [2.05, 4.69) is 16.0 Å². The molecule has 0 bridgehead atoms. The van der Waals surface area contributed by atoms with Gasteiger partial charge in [0.1, 0.15) is 24.4 Å². The predicted octanol–water partition coefficient (Wildman–Crippen LogP) is -6.59. The van der Waals surface area contributed by atoms with E-state index in [0.29, 0.717) is 6.42 Å². The van der Waals surface area contributed by atoms with Crippen molar-refractivity contribution < 1.29 is 74.0 Å². The highest BCUT2D eigenvalue weighted by Crippen LogP contribution is 2.20. The first-order valence-electron chi connectivity index (χ1n) is 18.0. The number of hydrogen-bond acceptors (Lipinski definition) is 16. The molecule has 0 aromatic rings. The number of carbonyl (C=O) groups excluding carboxylic acids is 4. The summed E-state index contributed by atoms with van der Waals surface area (Å²) >= 11 is 0. The number of hydrogen-bond donors (Lipinski definition) is 11. The number of ether oxygens (including phenoxy) is 1. The number of aliphatic carboxylic acids is 3. The van der Waals surface area contributed by atoms with Crippen LogP contribution in [0.3, 0.4) is 0 Å². The molecule has 0 aliphatic carbocycles. The fraction of sp³-hybridized carbons (Fsp3) is 0.781. The monoisotopic (exact) mass is 792 g/mol. The second kappa shape index (κ2) is 24.4. The van der Waals surface area contributed by atoms with Crippen LogP contribution in [0, 0.1) is 0 Å². The summed E-state index contributed by atoms with van der Waals surface area (Å²) in [5.41, 5.74) is 5.12. The summed E-state index contributed by atoms with van der Waals surface area (Å²) in [5, 5.41) is 75.7. The quantitative estimate of drug-likeness (QED) is 0.0511. The van der Waals surface area contributed by atoms with E-state index in [0.717, 1.165) is 0 Å². The normalized spacial score (nSPS) is 24.4. The smallest absolute Gasteiger partial charge is 0.317 e. The van der Waals surface area contributed by atoms with Crippen molar-refractivity contribution in [1.82, 2.24) is 35.6 Å². The number of nitrogens with one attached hydrogen (secondary N) is 3. The molecule has 12 N–H and O–H groups in total. The molecule has 0 radical (unpaired) electrons. The third-order valence-corrected chi connectivity index (χ3v) is 9.08. The number of aliphatic hydroxyl groups excluding tert-OH is 4. The van der Waals surface area contributed by atoms with Crippen LogP contribution in [0.25, 0.3) is 0 Å². The first kappa shape index (κ1) is 47.1. The first-order valence-corrected chi connectivity index (χ1v) is 18.0. The molecule has 0 aromatic heterocycles. The van der Waals surface area contributed by atoms with Crippen LogP contribution >= 0.6 is 0 Å². The highest BCUT2D eigenvalue weighted by atomic mass is 16.6. The van der Waals surface area contributed by atoms with Crippen LogP contribution in [0.5, 0.6) is 0 Å². The van der Waals surface area contributed by atoms with Gasteiger partial charge in [-0.05, 0) is 19.3 Å². The Morgan fingerprint density at radius 1 is 0.673 bits per heavy atom. The van der Waals surface area contributed by atoms with E-state index in [1.807, 2.05) is 0 Å². The third kappa shape index (κ3) is 18.4. The van der Waals surface area contributed by atoms with Crippen molar-refractivity contribution in [2.75, 3.05) is 91.7 Å². The van der Waals surface area contributed by atoms with Crippen molar-refractivity contribution in [3.8, 4) is 0 Å². The fourth-order valence-corrected chi connectivity index (χ4v) is 6.06. The van der Waals surface area contributed by atoms with E-state index in [9.17, 15) is 69.3 Å². The van der Waals surface area contributed by atoms with Gasteiger partial charge in [-0.25, -0.2) is 0 Å². The van der Waals surface area contributed by atoms with Gasteiger partial charge in [-0.1, -0.05) is 0 Å². The van der Waals surface area contributed by atoms with Crippen molar-refractivity contribution in [3.05, 3.63) is 0 Å². The lowest BCUT2D eigenvalue weighted by atomic mass is 9.95. The molecular formula is C32H56N8O15. The number of unbranched alkanes of at least 4 members (excludes halogenated alkanes) is 1. The Morgan fingerprint density at radius 2 is 1.15 bits per heavy atom. The van der Waals surface area contributed by atoms with E-state index in [-0.39, 0.29) is 117 Å². The number of amides is 4. The molecule has 2 saturated heterocycles. The van der Waals surface area contributed by atoms with Crippen LogP contribution in [0.1, 0.15) is 32.1 Å². The highest BCUT2D eigenvalue weighted by Gasteiger charge is 2.45. The summed E-state index contributed by atoms with van der Waals surface area (Å²) < 4.78 is 5.07. The summed E-state index contributed by atoms with van der Waals surface area (Å²) in [6.45, 7) is 0.289. The molecule has 0 saturated carbocycles. The van der Waals surface area contributed by atoms with Gasteiger partial charge in [0.05, 0.1) is 38.8 Å². The maximum atomic E-state index is 13.3. The summed E-state index contributed by atoms with van der Waals surface area (Å²) in [5.74, 6) is -5.83. The largest absolute Gasteiger partial charge is 0.480 e. The molecule has 2 aliphatic heterocycles. The van der Waals surface area contributed by atoms with Crippen molar-refractivity contribution >= 4 is 41.5 Å². The molecule has 0 spiro atoms. The van der Waals surface area contributed by atoms with E-state index in [1.165, 1.54) is 0 Å². The number of nitrogens with zero attached hydrogens (tertiary/aromatic N) is 4. The van der Waals surface area contributed by atoms with Crippen molar-refractivity contribution in [2.45, 2.75) is 68.8 Å². The van der Waals surface area contributed by atoms with Gasteiger partial charge in [0.15, 0.2) is 6.29 Å². The minimum Gasteiger partial charge on any atom is -0.480 e. The van der Waals surface area contributed by atoms with Crippen LogP contribution in [-0.2, 0) is 38.3 Å². The van der Waals surface area contributed by atoms with Gasteiger partial charge in [0, 0.05) is 71.7 Å². The second-order valence-corrected chi connectivity index (χ2v) is 13.5. The molecule has 2 fully saturated rings. The Labute approximate surface area is 317 Å². The first-order chi connectivity index (χ1) is 26.0. The lowest BCUT2D eigenvalue weighted by Crippen LogP contribution is -2.66. The zero-order valence-corrected chi connectivity index (χ0v) is 30.7. The van der Waals surface area contributed by atoms with Gasteiger partial charge in [-0.3, -0.25) is 53.2 Å². The Morgan fingerprint density at radius 3 is 1.58 bits per heavy atom. The van der Waals surface area contributed by atoms with E-state index in [4.69, 9.17) is 10.5 Å². The average Bonchev–Trinajstić information content (AvgIpc) is 3.10. The zero-order valence-electron chi connectivity index (χ0n) is 30.7. The lowest BCUT2D eigenvalue weighted by molar-refractivity contribution is -0.262. The van der Waals surface area contributed by atoms with Gasteiger partial charge in [0.25, 0.3) is 0 Å². The molecule has 2 unspecified atom stereocenters. The Kier molecular flexibility index (Phi) is 20.9. The minimum atomic E-state index is -1.82. The molecule has 2 rings (SSSR count). The molecule has 23 nitrogen and oxygen atoms in total. The fourth-order valence-electron chi connectivity index (χ4n) is 6.06. The number of rotatable bonds is 20. The van der Waals surface area contributed by atoms with Crippen LogP contribution in [-0.4, -0.2) is 225 Å². The van der Waals surface area contributed by atoms with E-state index in [1.54, 1.807) is 19.6 Å². The average molecular weight is 793 g/mol. The standard InChI is InChI=1S/C32H56N8O15/c33-22(42)4-5-23(43)35-20(31(53)36-28-21(19-41)55-32(54)30(52)29(28)51)3-1-2-6-34-24(44)15-37-7-9-38(16-25(45)46)11-13-40(18-27(49)50)14-12-39(10-8-37)17-26(47)48/h20-21,28-30,32,41,51-52,54H,1-19H2,(H2,33,42)(H,34,44)(H,35,43)(H,36,53)(H,45,46)(H,47,48)(H,49,50)/t20?,21-,28-,29+,30-,32?/m0/s1. The second-order valence-electron chi connectivity index (χ2n) is 13.5. The van der Waals surface area contributed by atoms with Gasteiger partial charge < -0.3 is 62.2 Å². The maximum Gasteiger partial charge on any atom is 0.317 e. The van der Waals surface area contributed by atoms with Gasteiger partial charge >= 0.3 is 17.9 Å². The lowest BCUT2D eigenvalue weighted by Gasteiger charge is -2.41. The highest BCUT2D eigenvalue weighted by molar-refractivity contribution is 5.89. The van der Waals surface area contributed by atoms with E-state index >= 15 is 0 Å². The Balaban J connectivity index is 2.02. The summed E-state index contributed by atoms with van der Waals surface area (Å²) in [7, 11) is 0. The van der Waals surface area contributed by atoms with Gasteiger partial charge in [0.2, 0.25) is 23.6 Å². The number of nitrogens with two attached hydrogens (primary N) is 1. The SMILES string of the molecule is NC(=O)CCC(=O)NC(CCCCNC(=O)CN1CCN(CC(=O)O)CCN(CC(=O)O)CCN(CC(=O)O)CC1)C(=O)N[C@@H]1[C@@H](O)[C@H](O)C(O)O[C@H]1CO. The number of primary amides is 1. The Bertz CT molecular complexity index is 1260. The van der Waals surface area contributed by atoms with Gasteiger partial charge in [-0.2, -0.15) is 0 Å². The van der Waals surface area contributed by atoms with E-state index < -0.39 is 78.9 Å². The molecule has 23 heteroatoms. The zero-order chi connectivity index (χ0) is 41.1. The number of carboxylic acids is 3. The number of carboxylic acid groups (broad SMARTS) is 3. The summed E-state index contributed by atoms with van der Waals surface area (Å²) in [4.78, 5) is 91.0. The predicted molar refractivity (Wildman–Crippen MR) is 188 cm³/mol. The van der Waals surface area contributed by atoms with Crippen LogP contribution in [0.2, 0.25) is 0 Å². The maximum absolute atomic E-state index is 13.3. The molecule has 55 heavy (non-hydrogen) atoms. The number of aliphatic hydroxyl groups is 4. The summed E-state index contributed by atoms with van der Waals surface area (Å²) in [6.07, 6.45) is -6.59. The molecule has 2 heterocycles. The minimum absolute atomic E-state index is 0.0253. The molecule has 2 aliphatic rings. The van der Waals surface area contributed by atoms with Crippen molar-refractivity contribution in [3.63, 3.8) is 0 Å². The molecule has 4 amide bonds. The molecule has 6 atom stereocenters. The van der Waals surface area contributed by atoms with Crippen molar-refractivity contribution in [2.24, 2.45) is 5.73 Å². The van der Waals surface area contributed by atoms with Crippen molar-refractivity contribution in [1.29, 1.82) is 0 Å². The number of carbonyl (C=O) groups is 7. The third-order valence-electron chi connectivity index (χ3n) is 9.08. The van der Waals surface area contributed by atoms with Gasteiger partial charge in [-0.15, -0.1) is 0 Å². The molecule has 0 aromatic carbocycles. The summed E-state index contributed by atoms with van der Waals surface area (Å²) in [6, 6.07) is -2.57. The van der Waals surface area contributed by atoms with Crippen LogP contribution in [0.4, 0.5) is 0 Å². The van der Waals surface area contributed by atoms with Crippen LogP contribution in [0.15, 0.2) is 0 Å². The topological polar surface area (TPSA) is 345 Å². The Hall–Kier alpha value is -4.07. The van der Waals surface area contributed by atoms with Crippen LogP contribution < -0.4 is 21.7 Å². The molecule has 314 valence electrons. The molecular weight excluding hydrogens is 736 g/mol.